The van der Waals surface area contributed by atoms with Gasteiger partial charge in [0.25, 0.3) is 0 Å². The van der Waals surface area contributed by atoms with E-state index >= 15 is 0 Å². The highest BCUT2D eigenvalue weighted by Crippen LogP contribution is 2.53. The van der Waals surface area contributed by atoms with Gasteiger partial charge >= 0.3 is 11.9 Å². The number of benzene rings is 1. The molecule has 0 aromatic heterocycles. The molecular formula is C24H29N3O8S. The number of fused-ring (bicyclic) bond motifs is 2. The number of sulfonamides is 1. The number of nitrogens with zero attached hydrogens (tertiary/aromatic N) is 1. The second-order valence-corrected chi connectivity index (χ2v) is 10.5. The van der Waals surface area contributed by atoms with E-state index in [4.69, 9.17) is 19.9 Å². The lowest BCUT2D eigenvalue weighted by atomic mass is 9.67. The predicted octanol–water partition coefficient (Wildman–Crippen LogP) is 1.65. The molecule has 3 aliphatic heterocycles. The molecule has 11 nitrogen and oxygen atoms in total. The van der Waals surface area contributed by atoms with Crippen LogP contribution in [-0.4, -0.2) is 56.9 Å². The van der Waals surface area contributed by atoms with Crippen molar-refractivity contribution in [3.63, 3.8) is 0 Å². The molecule has 1 fully saturated rings. The molecule has 1 atom stereocenters. The number of piperidine rings is 1. The highest BCUT2D eigenvalue weighted by molar-refractivity contribution is 7.89. The maximum absolute atomic E-state index is 13.7. The van der Waals surface area contributed by atoms with Gasteiger partial charge in [0, 0.05) is 24.3 Å². The van der Waals surface area contributed by atoms with Crippen LogP contribution in [0.15, 0.2) is 45.9 Å². The van der Waals surface area contributed by atoms with Crippen molar-refractivity contribution < 1.29 is 37.0 Å². The van der Waals surface area contributed by atoms with Gasteiger partial charge in [-0.05, 0) is 51.8 Å². The van der Waals surface area contributed by atoms with Crippen molar-refractivity contribution in [3.05, 3.63) is 46.6 Å². The molecule has 0 bridgehead atoms. The maximum atomic E-state index is 13.7. The first-order valence-electron chi connectivity index (χ1n) is 11.8. The fourth-order valence-electron chi connectivity index (χ4n) is 4.99. The third-order valence-corrected chi connectivity index (χ3v) is 8.40. The fraction of sp³-hybridized carbons (Fsp3) is 0.458. The molecule has 12 heteroatoms. The zero-order chi connectivity index (χ0) is 26.3. The van der Waals surface area contributed by atoms with Gasteiger partial charge in [0.05, 0.1) is 18.1 Å². The van der Waals surface area contributed by atoms with Crippen LogP contribution in [0.2, 0.25) is 0 Å². The van der Waals surface area contributed by atoms with Gasteiger partial charge in [-0.2, -0.15) is 4.31 Å². The highest BCUT2D eigenvalue weighted by atomic mass is 32.2. The van der Waals surface area contributed by atoms with Crippen LogP contribution in [0, 0.1) is 0 Å². The van der Waals surface area contributed by atoms with Crippen LogP contribution in [0.4, 0.5) is 5.69 Å². The van der Waals surface area contributed by atoms with Crippen LogP contribution in [0.3, 0.4) is 0 Å². The molecule has 3 N–H and O–H groups in total. The van der Waals surface area contributed by atoms with Gasteiger partial charge in [0.2, 0.25) is 21.8 Å². The smallest absolute Gasteiger partial charge is 0.341 e. The second kappa shape index (κ2) is 9.58. The Morgan fingerprint density at radius 2 is 1.69 bits per heavy atom. The van der Waals surface area contributed by atoms with Crippen molar-refractivity contribution in [1.29, 1.82) is 0 Å². The molecule has 1 aromatic rings. The van der Waals surface area contributed by atoms with Gasteiger partial charge in [-0.3, -0.25) is 4.79 Å². The summed E-state index contributed by atoms with van der Waals surface area (Å²) >= 11 is 0. The Kier molecular flexibility index (Phi) is 6.84. The van der Waals surface area contributed by atoms with E-state index in [0.29, 0.717) is 13.1 Å². The van der Waals surface area contributed by atoms with Gasteiger partial charge in [0.15, 0.2) is 0 Å². The summed E-state index contributed by atoms with van der Waals surface area (Å²) in [5.74, 6) is -3.13. The number of hydrogen-bond donors (Lipinski definition) is 2. The summed E-state index contributed by atoms with van der Waals surface area (Å²) in [5, 5.41) is 2.67. The number of amides is 1. The van der Waals surface area contributed by atoms with E-state index in [-0.39, 0.29) is 40.7 Å². The van der Waals surface area contributed by atoms with Crippen LogP contribution < -0.4 is 11.1 Å². The average Bonchev–Trinajstić information content (AvgIpc) is 3.11. The molecule has 1 spiro atoms. The molecular weight excluding hydrogens is 490 g/mol. The zero-order valence-corrected chi connectivity index (χ0v) is 21.2. The Morgan fingerprint density at radius 3 is 2.31 bits per heavy atom. The standard InChI is InChI=1S/C24H29N3O8S/c1-4-33-21(28)18-14(3)35-20(25)19(22(29)34-5-2)24(18)16-13-15(9-10-17(16)26-23(24)30)36(31,32)27-11-7-6-8-12-27/h9-10,13H,4-8,11-12,25H2,1-3H3,(H,26,30). The van der Waals surface area contributed by atoms with Crippen LogP contribution in [0.25, 0.3) is 0 Å². The highest BCUT2D eigenvalue weighted by Gasteiger charge is 2.62. The topological polar surface area (TPSA) is 154 Å². The van der Waals surface area contributed by atoms with Crippen molar-refractivity contribution in [2.45, 2.75) is 50.3 Å². The number of nitrogens with two attached hydrogens (primary N) is 1. The zero-order valence-electron chi connectivity index (χ0n) is 20.4. The van der Waals surface area contributed by atoms with E-state index in [9.17, 15) is 22.8 Å². The Bertz CT molecular complexity index is 1250. The molecule has 194 valence electrons. The van der Waals surface area contributed by atoms with Crippen LogP contribution in [0.5, 0.6) is 0 Å². The summed E-state index contributed by atoms with van der Waals surface area (Å²) in [4.78, 5) is 40.0. The van der Waals surface area contributed by atoms with Crippen molar-refractivity contribution in [2.24, 2.45) is 5.73 Å². The van der Waals surface area contributed by atoms with Gasteiger partial charge in [-0.1, -0.05) is 6.42 Å². The maximum Gasteiger partial charge on any atom is 0.341 e. The molecule has 3 heterocycles. The predicted molar refractivity (Wildman–Crippen MR) is 128 cm³/mol. The lowest BCUT2D eigenvalue weighted by molar-refractivity contribution is -0.143. The quantitative estimate of drug-likeness (QED) is 0.534. The van der Waals surface area contributed by atoms with Crippen molar-refractivity contribution in [2.75, 3.05) is 31.6 Å². The summed E-state index contributed by atoms with van der Waals surface area (Å²) in [7, 11) is -3.91. The molecule has 4 rings (SSSR count). The largest absolute Gasteiger partial charge is 0.462 e. The normalized spacial score (nSPS) is 22.2. The molecule has 1 amide bonds. The Hall–Kier alpha value is -3.38. The first-order valence-corrected chi connectivity index (χ1v) is 13.2. The number of rotatable bonds is 6. The summed E-state index contributed by atoms with van der Waals surface area (Å²) < 4.78 is 44.2. The minimum Gasteiger partial charge on any atom is -0.462 e. The monoisotopic (exact) mass is 519 g/mol. The summed E-state index contributed by atoms with van der Waals surface area (Å²) in [6, 6.07) is 4.13. The van der Waals surface area contributed by atoms with Gasteiger partial charge in [-0.25, -0.2) is 18.0 Å². The average molecular weight is 520 g/mol. The summed E-state index contributed by atoms with van der Waals surface area (Å²) in [6.07, 6.45) is 2.43. The third kappa shape index (κ3) is 3.84. The summed E-state index contributed by atoms with van der Waals surface area (Å²) in [6.45, 7) is 5.28. The Morgan fingerprint density at radius 1 is 1.08 bits per heavy atom. The number of carbonyl (C=O) groups is 3. The molecule has 1 aromatic carbocycles. The van der Waals surface area contributed by atoms with Crippen molar-refractivity contribution in [1.82, 2.24) is 4.31 Å². The lowest BCUT2D eigenvalue weighted by Crippen LogP contribution is -2.48. The summed E-state index contributed by atoms with van der Waals surface area (Å²) in [5.41, 5.74) is 3.59. The van der Waals surface area contributed by atoms with Crippen LogP contribution >= 0.6 is 0 Å². The SMILES string of the molecule is CCOC(=O)C1=C(C)OC(N)=C(C(=O)OCC)C12C(=O)Nc1ccc(S(=O)(=O)N3CCCCC3)cc12. The van der Waals surface area contributed by atoms with Gasteiger partial charge < -0.3 is 25.3 Å². The molecule has 1 saturated heterocycles. The van der Waals surface area contributed by atoms with E-state index in [1.165, 1.54) is 29.4 Å². The molecule has 0 radical (unpaired) electrons. The number of allylic oxidation sites excluding steroid dienone is 1. The van der Waals surface area contributed by atoms with E-state index in [2.05, 4.69) is 5.32 Å². The van der Waals surface area contributed by atoms with Crippen molar-refractivity contribution in [3.8, 4) is 0 Å². The number of ether oxygens (including phenoxy) is 3. The minimum atomic E-state index is -3.91. The number of nitrogens with one attached hydrogen (secondary N) is 1. The number of esters is 2. The molecule has 0 aliphatic carbocycles. The van der Waals surface area contributed by atoms with E-state index in [1.807, 2.05) is 0 Å². The molecule has 1 unspecified atom stereocenters. The second-order valence-electron chi connectivity index (χ2n) is 8.59. The number of hydrogen-bond acceptors (Lipinski definition) is 9. The molecule has 3 aliphatic rings. The van der Waals surface area contributed by atoms with E-state index < -0.39 is 44.7 Å². The van der Waals surface area contributed by atoms with Gasteiger partial charge in [0.1, 0.15) is 22.3 Å². The van der Waals surface area contributed by atoms with Gasteiger partial charge in [-0.15, -0.1) is 0 Å². The molecule has 0 saturated carbocycles. The van der Waals surface area contributed by atoms with Crippen LogP contribution in [0.1, 0.15) is 45.6 Å². The number of anilines is 1. The van der Waals surface area contributed by atoms with Crippen molar-refractivity contribution >= 4 is 33.6 Å². The Labute approximate surface area is 209 Å². The molecule has 36 heavy (non-hydrogen) atoms. The fourth-order valence-corrected chi connectivity index (χ4v) is 6.53. The Balaban J connectivity index is 2.00. The van der Waals surface area contributed by atoms with E-state index in [0.717, 1.165) is 19.3 Å². The number of carbonyl (C=O) groups excluding carboxylic acids is 3. The first kappa shape index (κ1) is 25.7. The minimum absolute atomic E-state index is 0.0164. The first-order chi connectivity index (χ1) is 17.1. The third-order valence-electron chi connectivity index (χ3n) is 6.51. The van der Waals surface area contributed by atoms with E-state index in [1.54, 1.807) is 13.8 Å². The lowest BCUT2D eigenvalue weighted by Gasteiger charge is -2.35. The van der Waals surface area contributed by atoms with Crippen LogP contribution in [-0.2, 0) is 44.0 Å².